The van der Waals surface area contributed by atoms with Gasteiger partial charge < -0.3 is 4.90 Å². The van der Waals surface area contributed by atoms with Gasteiger partial charge in [-0.3, -0.25) is 14.2 Å². The van der Waals surface area contributed by atoms with Crippen molar-refractivity contribution in [2.75, 3.05) is 0 Å². The summed E-state index contributed by atoms with van der Waals surface area (Å²) in [6, 6.07) is 7.22. The van der Waals surface area contributed by atoms with Crippen molar-refractivity contribution < 1.29 is 4.79 Å². The number of carbonyl (C=O) groups is 1. The van der Waals surface area contributed by atoms with Gasteiger partial charge >= 0.3 is 0 Å². The quantitative estimate of drug-likeness (QED) is 0.716. The summed E-state index contributed by atoms with van der Waals surface area (Å²) in [7, 11) is 0. The van der Waals surface area contributed by atoms with Crippen molar-refractivity contribution in [3.63, 3.8) is 0 Å². The first-order valence-electron chi connectivity index (χ1n) is 8.71. The Kier molecular flexibility index (Phi) is 4.20. The van der Waals surface area contributed by atoms with Crippen molar-refractivity contribution in [2.24, 2.45) is 0 Å². The van der Waals surface area contributed by atoms with Gasteiger partial charge in [0.15, 0.2) is 0 Å². The summed E-state index contributed by atoms with van der Waals surface area (Å²) in [6.07, 6.45) is 4.35. The van der Waals surface area contributed by atoms with Crippen LogP contribution >= 0.6 is 0 Å². The molecule has 0 N–H and O–H groups in total. The normalized spacial score (nSPS) is 13.2. The average molecular weight is 349 g/mol. The minimum atomic E-state index is -0.119. The Hall–Kier alpha value is -3.09. The molecule has 0 spiro atoms. The molecular formula is C19H19N5O2. The van der Waals surface area contributed by atoms with Crippen LogP contribution in [0.25, 0.3) is 10.9 Å². The van der Waals surface area contributed by atoms with Crippen molar-refractivity contribution >= 4 is 16.8 Å². The molecule has 0 unspecified atom stereocenters. The lowest BCUT2D eigenvalue weighted by Gasteiger charge is -2.15. The van der Waals surface area contributed by atoms with Gasteiger partial charge in [-0.15, -0.1) is 0 Å². The minimum Gasteiger partial charge on any atom is -0.332 e. The Balaban J connectivity index is 1.45. The number of hydrogen-bond acceptors (Lipinski definition) is 5. The highest BCUT2D eigenvalue weighted by atomic mass is 16.2. The highest BCUT2D eigenvalue weighted by molar-refractivity contribution is 5.78. The summed E-state index contributed by atoms with van der Waals surface area (Å²) in [5.74, 6) is 0.799. The molecule has 0 fully saturated rings. The average Bonchev–Trinajstić information content (AvgIpc) is 3.10. The molecule has 26 heavy (non-hydrogen) atoms. The van der Waals surface area contributed by atoms with Crippen LogP contribution in [0.1, 0.15) is 30.4 Å². The summed E-state index contributed by atoms with van der Waals surface area (Å²) < 4.78 is 1.50. The lowest BCUT2D eigenvalue weighted by atomic mass is 10.2. The van der Waals surface area contributed by atoms with E-state index < -0.39 is 0 Å². The number of carbonyl (C=O) groups excluding carboxylic acids is 1. The van der Waals surface area contributed by atoms with E-state index in [2.05, 4.69) is 15.0 Å². The molecule has 0 atom stereocenters. The van der Waals surface area contributed by atoms with E-state index in [4.69, 9.17) is 0 Å². The molecule has 0 saturated heterocycles. The van der Waals surface area contributed by atoms with Crippen LogP contribution in [0.5, 0.6) is 0 Å². The second-order valence-corrected chi connectivity index (χ2v) is 6.37. The number of fused-ring (bicyclic) bond motifs is 2. The Labute approximate surface area is 150 Å². The largest absolute Gasteiger partial charge is 0.332 e. The first kappa shape index (κ1) is 16.4. The maximum Gasteiger partial charge on any atom is 0.261 e. The van der Waals surface area contributed by atoms with Crippen LogP contribution in [0, 0.1) is 0 Å². The van der Waals surface area contributed by atoms with Crippen LogP contribution in [-0.4, -0.2) is 30.3 Å². The molecule has 0 aliphatic carbocycles. The second-order valence-electron chi connectivity index (χ2n) is 6.37. The van der Waals surface area contributed by atoms with Crippen LogP contribution in [0.15, 0.2) is 41.6 Å². The Morgan fingerprint density at radius 2 is 2.04 bits per heavy atom. The number of nitrogens with zero attached hydrogens (tertiary/aromatic N) is 5. The number of benzene rings is 1. The van der Waals surface area contributed by atoms with Crippen LogP contribution in [0.2, 0.25) is 0 Å². The maximum atomic E-state index is 12.6. The van der Waals surface area contributed by atoms with Gasteiger partial charge in [0.1, 0.15) is 5.82 Å². The molecule has 0 radical (unpaired) electrons. The number of aromatic nitrogens is 4. The van der Waals surface area contributed by atoms with Gasteiger partial charge in [0, 0.05) is 37.7 Å². The van der Waals surface area contributed by atoms with Crippen molar-refractivity contribution in [3.05, 3.63) is 64.2 Å². The van der Waals surface area contributed by atoms with Gasteiger partial charge in [-0.05, 0) is 12.1 Å². The van der Waals surface area contributed by atoms with Gasteiger partial charge in [-0.1, -0.05) is 19.1 Å². The van der Waals surface area contributed by atoms with Crippen LogP contribution in [0.3, 0.4) is 0 Å². The molecule has 3 aromatic rings. The summed E-state index contributed by atoms with van der Waals surface area (Å²) in [4.78, 5) is 39.9. The van der Waals surface area contributed by atoms with E-state index in [1.807, 2.05) is 25.3 Å². The van der Waals surface area contributed by atoms with E-state index in [1.54, 1.807) is 17.0 Å². The predicted molar refractivity (Wildman–Crippen MR) is 96.3 cm³/mol. The number of rotatable bonds is 4. The van der Waals surface area contributed by atoms with Crippen LogP contribution in [0.4, 0.5) is 0 Å². The fraction of sp³-hybridized carbons (Fsp3) is 0.316. The third kappa shape index (κ3) is 2.96. The highest BCUT2D eigenvalue weighted by Crippen LogP contribution is 2.21. The molecule has 0 saturated carbocycles. The molecule has 7 heteroatoms. The van der Waals surface area contributed by atoms with E-state index in [9.17, 15) is 9.59 Å². The molecule has 1 aromatic carbocycles. The molecule has 1 aliphatic rings. The fourth-order valence-electron chi connectivity index (χ4n) is 3.18. The maximum absolute atomic E-state index is 12.6. The number of aryl methyl sites for hydroxylation is 2. The monoisotopic (exact) mass is 349 g/mol. The number of hydrogen-bond donors (Lipinski definition) is 0. The molecule has 7 nitrogen and oxygen atoms in total. The van der Waals surface area contributed by atoms with Gasteiger partial charge in [-0.2, -0.15) is 0 Å². The molecule has 4 rings (SSSR count). The number of para-hydroxylation sites is 1. The Bertz CT molecular complexity index is 1040. The Morgan fingerprint density at radius 3 is 2.88 bits per heavy atom. The minimum absolute atomic E-state index is 0.00103. The van der Waals surface area contributed by atoms with Crippen LogP contribution in [-0.2, 0) is 30.8 Å². The molecule has 1 aliphatic heterocycles. The van der Waals surface area contributed by atoms with Gasteiger partial charge in [-0.25, -0.2) is 15.0 Å². The van der Waals surface area contributed by atoms with E-state index in [-0.39, 0.29) is 17.9 Å². The zero-order chi connectivity index (χ0) is 18.1. The van der Waals surface area contributed by atoms with Crippen molar-refractivity contribution in [3.8, 4) is 0 Å². The van der Waals surface area contributed by atoms with E-state index >= 15 is 0 Å². The zero-order valence-corrected chi connectivity index (χ0v) is 14.6. The third-order valence-electron chi connectivity index (χ3n) is 4.67. The molecular weight excluding hydrogens is 330 g/mol. The van der Waals surface area contributed by atoms with E-state index in [1.165, 1.54) is 10.9 Å². The van der Waals surface area contributed by atoms with Crippen molar-refractivity contribution in [1.29, 1.82) is 0 Å². The van der Waals surface area contributed by atoms with E-state index in [0.29, 0.717) is 30.5 Å². The second kappa shape index (κ2) is 6.67. The first-order valence-corrected chi connectivity index (χ1v) is 8.71. The summed E-state index contributed by atoms with van der Waals surface area (Å²) >= 11 is 0. The predicted octanol–water partition coefficient (Wildman–Crippen LogP) is 1.68. The first-order chi connectivity index (χ1) is 12.7. The highest BCUT2D eigenvalue weighted by Gasteiger charge is 2.25. The van der Waals surface area contributed by atoms with Crippen molar-refractivity contribution in [2.45, 2.75) is 39.4 Å². The van der Waals surface area contributed by atoms with Crippen LogP contribution < -0.4 is 5.56 Å². The summed E-state index contributed by atoms with van der Waals surface area (Å²) in [5.41, 5.74) is 2.47. The van der Waals surface area contributed by atoms with Gasteiger partial charge in [0.2, 0.25) is 5.91 Å². The lowest BCUT2D eigenvalue weighted by molar-refractivity contribution is -0.132. The Morgan fingerprint density at radius 1 is 1.19 bits per heavy atom. The fourth-order valence-corrected chi connectivity index (χ4v) is 3.18. The lowest BCUT2D eigenvalue weighted by Crippen LogP contribution is -2.28. The zero-order valence-electron chi connectivity index (χ0n) is 14.6. The molecule has 132 valence electrons. The summed E-state index contributed by atoms with van der Waals surface area (Å²) in [6.45, 7) is 3.36. The molecule has 2 aromatic heterocycles. The molecule has 3 heterocycles. The topological polar surface area (TPSA) is 81.0 Å². The smallest absolute Gasteiger partial charge is 0.261 e. The molecule has 1 amide bonds. The van der Waals surface area contributed by atoms with Gasteiger partial charge in [0.25, 0.3) is 5.56 Å². The molecule has 0 bridgehead atoms. The summed E-state index contributed by atoms with van der Waals surface area (Å²) in [5, 5.41) is 0.568. The number of amides is 1. The van der Waals surface area contributed by atoms with Gasteiger partial charge in [0.05, 0.1) is 29.5 Å². The van der Waals surface area contributed by atoms with E-state index in [0.717, 1.165) is 23.5 Å². The standard InChI is InChI=1S/C19H19N5O2/c1-2-17-20-9-13-10-24(11-16(13)22-17)18(25)7-8-23-12-21-15-6-4-3-5-14(15)19(23)26/h3-6,9,12H,2,7-8,10-11H2,1H3. The third-order valence-corrected chi connectivity index (χ3v) is 4.67. The SMILES string of the molecule is CCc1ncc2c(n1)CN(C(=O)CCn1cnc3ccccc3c1=O)C2. The van der Waals surface area contributed by atoms with Crippen molar-refractivity contribution in [1.82, 2.24) is 24.4 Å².